The Balaban J connectivity index is 1.83. The molecule has 0 saturated carbocycles. The highest BCUT2D eigenvalue weighted by atomic mass is 16.5. The molecule has 1 aromatic carbocycles. The lowest BCUT2D eigenvalue weighted by Crippen LogP contribution is -2.21. The first kappa shape index (κ1) is 13.6. The SMILES string of the molecule is N#Cc1ccc(N[C@H](c2ccccc2)[C@@H]2CCOC2)nc1. The van der Waals surface area contributed by atoms with Crippen molar-refractivity contribution in [1.29, 1.82) is 5.26 Å². The minimum atomic E-state index is 0.175. The summed E-state index contributed by atoms with van der Waals surface area (Å²) in [4.78, 5) is 4.31. The topological polar surface area (TPSA) is 57.9 Å². The van der Waals surface area contributed by atoms with E-state index in [-0.39, 0.29) is 6.04 Å². The number of rotatable bonds is 4. The lowest BCUT2D eigenvalue weighted by molar-refractivity contribution is 0.182. The fourth-order valence-corrected chi connectivity index (χ4v) is 2.65. The lowest BCUT2D eigenvalue weighted by Gasteiger charge is -2.24. The number of aromatic nitrogens is 1. The van der Waals surface area contributed by atoms with Crippen molar-refractivity contribution >= 4 is 5.82 Å². The number of hydrogen-bond donors (Lipinski definition) is 1. The van der Waals surface area contributed by atoms with Crippen LogP contribution in [0.4, 0.5) is 5.82 Å². The molecule has 1 aromatic heterocycles. The third kappa shape index (κ3) is 3.21. The van der Waals surface area contributed by atoms with Gasteiger partial charge in [0.2, 0.25) is 0 Å². The normalized spacial score (nSPS) is 18.9. The monoisotopic (exact) mass is 279 g/mol. The molecule has 1 saturated heterocycles. The van der Waals surface area contributed by atoms with E-state index in [4.69, 9.17) is 10.00 Å². The number of nitrogens with one attached hydrogen (secondary N) is 1. The molecular weight excluding hydrogens is 262 g/mol. The van der Waals surface area contributed by atoms with E-state index < -0.39 is 0 Å². The zero-order chi connectivity index (χ0) is 14.5. The van der Waals surface area contributed by atoms with Gasteiger partial charge < -0.3 is 10.1 Å². The van der Waals surface area contributed by atoms with Crippen LogP contribution in [-0.4, -0.2) is 18.2 Å². The molecule has 0 aliphatic carbocycles. The Bertz CT molecular complexity index is 613. The van der Waals surface area contributed by atoms with Crippen molar-refractivity contribution in [2.75, 3.05) is 18.5 Å². The van der Waals surface area contributed by atoms with Crippen LogP contribution >= 0.6 is 0 Å². The van der Waals surface area contributed by atoms with Crippen LogP contribution in [0.3, 0.4) is 0 Å². The molecule has 4 nitrogen and oxygen atoms in total. The number of benzene rings is 1. The summed E-state index contributed by atoms with van der Waals surface area (Å²) in [7, 11) is 0. The molecule has 1 aliphatic heterocycles. The van der Waals surface area contributed by atoms with E-state index in [0.717, 1.165) is 25.5 Å². The molecule has 1 N–H and O–H groups in total. The van der Waals surface area contributed by atoms with Gasteiger partial charge in [-0.05, 0) is 24.1 Å². The van der Waals surface area contributed by atoms with Crippen molar-refractivity contribution < 1.29 is 4.74 Å². The summed E-state index contributed by atoms with van der Waals surface area (Å²) < 4.78 is 5.53. The first-order valence-corrected chi connectivity index (χ1v) is 7.12. The largest absolute Gasteiger partial charge is 0.381 e. The molecule has 0 spiro atoms. The molecule has 21 heavy (non-hydrogen) atoms. The predicted molar refractivity (Wildman–Crippen MR) is 80.7 cm³/mol. The van der Waals surface area contributed by atoms with Crippen LogP contribution in [0.1, 0.15) is 23.6 Å². The molecule has 2 atom stereocenters. The average molecular weight is 279 g/mol. The first-order chi connectivity index (χ1) is 10.4. The van der Waals surface area contributed by atoms with Crippen molar-refractivity contribution in [3.05, 3.63) is 59.8 Å². The molecule has 0 bridgehead atoms. The Morgan fingerprint density at radius 1 is 1.24 bits per heavy atom. The molecule has 3 rings (SSSR count). The van der Waals surface area contributed by atoms with E-state index in [0.29, 0.717) is 11.5 Å². The predicted octanol–water partition coefficient (Wildman–Crippen LogP) is 3.14. The number of ether oxygens (including phenoxy) is 1. The van der Waals surface area contributed by atoms with Gasteiger partial charge in [0.15, 0.2) is 0 Å². The van der Waals surface area contributed by atoms with E-state index in [1.807, 2.05) is 24.3 Å². The van der Waals surface area contributed by atoms with Gasteiger partial charge in [0.1, 0.15) is 11.9 Å². The highest BCUT2D eigenvalue weighted by Gasteiger charge is 2.27. The van der Waals surface area contributed by atoms with Crippen molar-refractivity contribution in [2.24, 2.45) is 5.92 Å². The maximum atomic E-state index is 8.83. The lowest BCUT2D eigenvalue weighted by atomic mass is 9.92. The van der Waals surface area contributed by atoms with E-state index in [1.54, 1.807) is 12.3 Å². The second-order valence-corrected chi connectivity index (χ2v) is 5.20. The summed E-state index contributed by atoms with van der Waals surface area (Å²) in [5.41, 5.74) is 1.81. The fraction of sp³-hybridized carbons (Fsp3) is 0.294. The van der Waals surface area contributed by atoms with Gasteiger partial charge in [-0.15, -0.1) is 0 Å². The zero-order valence-electron chi connectivity index (χ0n) is 11.7. The maximum Gasteiger partial charge on any atom is 0.126 e. The van der Waals surface area contributed by atoms with Crippen LogP contribution in [0.5, 0.6) is 0 Å². The van der Waals surface area contributed by atoms with Gasteiger partial charge in [-0.1, -0.05) is 30.3 Å². The zero-order valence-corrected chi connectivity index (χ0v) is 11.7. The van der Waals surface area contributed by atoms with Crippen LogP contribution < -0.4 is 5.32 Å². The van der Waals surface area contributed by atoms with Crippen molar-refractivity contribution in [3.63, 3.8) is 0 Å². The number of pyridine rings is 1. The number of anilines is 1. The third-order valence-corrected chi connectivity index (χ3v) is 3.79. The molecule has 0 amide bonds. The Kier molecular flexibility index (Phi) is 4.13. The maximum absolute atomic E-state index is 8.83. The fourth-order valence-electron chi connectivity index (χ4n) is 2.65. The van der Waals surface area contributed by atoms with Gasteiger partial charge in [-0.25, -0.2) is 4.98 Å². The molecule has 106 valence electrons. The summed E-state index contributed by atoms with van der Waals surface area (Å²) in [6.45, 7) is 1.58. The van der Waals surface area contributed by atoms with Gasteiger partial charge in [0.25, 0.3) is 0 Å². The second kappa shape index (κ2) is 6.38. The standard InChI is InChI=1S/C17H17N3O/c18-10-13-6-7-16(19-11-13)20-17(15-8-9-21-12-15)14-4-2-1-3-5-14/h1-7,11,15,17H,8-9,12H2,(H,19,20)/t15-,17-/m1/s1. The third-order valence-electron chi connectivity index (χ3n) is 3.79. The minimum Gasteiger partial charge on any atom is -0.381 e. The molecule has 2 aromatic rings. The highest BCUT2D eigenvalue weighted by Crippen LogP contribution is 2.31. The molecule has 4 heteroatoms. The summed E-state index contributed by atoms with van der Waals surface area (Å²) in [6.07, 6.45) is 2.64. The first-order valence-electron chi connectivity index (χ1n) is 7.12. The van der Waals surface area contributed by atoms with E-state index in [9.17, 15) is 0 Å². The summed E-state index contributed by atoms with van der Waals surface area (Å²) in [5, 5.41) is 12.3. The summed E-state index contributed by atoms with van der Waals surface area (Å²) >= 11 is 0. The summed E-state index contributed by atoms with van der Waals surface area (Å²) in [5.74, 6) is 1.22. The van der Waals surface area contributed by atoms with Crippen molar-refractivity contribution in [2.45, 2.75) is 12.5 Å². The van der Waals surface area contributed by atoms with Gasteiger partial charge in [-0.2, -0.15) is 5.26 Å². The molecule has 1 fully saturated rings. The smallest absolute Gasteiger partial charge is 0.126 e. The Morgan fingerprint density at radius 3 is 2.71 bits per heavy atom. The minimum absolute atomic E-state index is 0.175. The van der Waals surface area contributed by atoms with Gasteiger partial charge >= 0.3 is 0 Å². The van der Waals surface area contributed by atoms with Gasteiger partial charge in [-0.3, -0.25) is 0 Å². The Labute approximate surface area is 124 Å². The molecule has 0 unspecified atom stereocenters. The van der Waals surface area contributed by atoms with Crippen LogP contribution in [0.15, 0.2) is 48.7 Å². The quantitative estimate of drug-likeness (QED) is 0.934. The van der Waals surface area contributed by atoms with Gasteiger partial charge in [0.05, 0.1) is 18.2 Å². The molecule has 2 heterocycles. The van der Waals surface area contributed by atoms with Crippen LogP contribution in [0.25, 0.3) is 0 Å². The average Bonchev–Trinajstić information content (AvgIpc) is 3.08. The molecule has 1 aliphatic rings. The Hall–Kier alpha value is -2.38. The van der Waals surface area contributed by atoms with Crippen molar-refractivity contribution in [1.82, 2.24) is 4.98 Å². The highest BCUT2D eigenvalue weighted by molar-refractivity contribution is 5.42. The van der Waals surface area contributed by atoms with E-state index in [2.05, 4.69) is 28.5 Å². The number of hydrogen-bond acceptors (Lipinski definition) is 4. The van der Waals surface area contributed by atoms with Crippen LogP contribution in [-0.2, 0) is 4.74 Å². The van der Waals surface area contributed by atoms with E-state index in [1.165, 1.54) is 5.56 Å². The van der Waals surface area contributed by atoms with Crippen molar-refractivity contribution in [3.8, 4) is 6.07 Å². The van der Waals surface area contributed by atoms with Crippen LogP contribution in [0, 0.1) is 17.2 Å². The molecular formula is C17H17N3O. The molecule has 0 radical (unpaired) electrons. The second-order valence-electron chi connectivity index (χ2n) is 5.20. The van der Waals surface area contributed by atoms with Gasteiger partial charge in [0, 0.05) is 18.7 Å². The number of nitrogens with zero attached hydrogens (tertiary/aromatic N) is 2. The Morgan fingerprint density at radius 2 is 2.10 bits per heavy atom. The van der Waals surface area contributed by atoms with Crippen LogP contribution in [0.2, 0.25) is 0 Å². The summed E-state index contributed by atoms with van der Waals surface area (Å²) in [6, 6.07) is 16.3. The van der Waals surface area contributed by atoms with E-state index >= 15 is 0 Å². The number of nitriles is 1.